The number of hydrogen-bond donors (Lipinski definition) is 1. The van der Waals surface area contributed by atoms with E-state index in [1.165, 1.54) is 17.0 Å². The van der Waals surface area contributed by atoms with Crippen molar-refractivity contribution in [2.45, 2.75) is 6.54 Å². The lowest BCUT2D eigenvalue weighted by molar-refractivity contribution is -0.116. The molecule has 1 amide bonds. The summed E-state index contributed by atoms with van der Waals surface area (Å²) in [7, 11) is 0. The van der Waals surface area contributed by atoms with E-state index in [1.807, 2.05) is 60.7 Å². The second-order valence-electron chi connectivity index (χ2n) is 7.27. The second-order valence-corrected chi connectivity index (χ2v) is 7.27. The van der Waals surface area contributed by atoms with Gasteiger partial charge >= 0.3 is 0 Å². The van der Waals surface area contributed by atoms with E-state index in [4.69, 9.17) is 9.47 Å². The Morgan fingerprint density at radius 2 is 1.69 bits per heavy atom. The molecule has 1 N–H and O–H groups in total. The van der Waals surface area contributed by atoms with Gasteiger partial charge in [-0.15, -0.1) is 0 Å². The fourth-order valence-electron chi connectivity index (χ4n) is 3.56. The third-order valence-corrected chi connectivity index (χ3v) is 5.15. The average Bonchev–Trinajstić information content (AvgIpc) is 3.29. The number of hydrogen-bond acceptors (Lipinski definition) is 5. The Balaban J connectivity index is 1.33. The van der Waals surface area contributed by atoms with Gasteiger partial charge in [-0.1, -0.05) is 48.5 Å². The third kappa shape index (κ3) is 3.96. The highest BCUT2D eigenvalue weighted by molar-refractivity contribution is 5.95. The van der Waals surface area contributed by atoms with E-state index in [0.717, 1.165) is 16.7 Å². The van der Waals surface area contributed by atoms with Crippen molar-refractivity contribution < 1.29 is 14.3 Å². The van der Waals surface area contributed by atoms with E-state index in [1.54, 1.807) is 12.1 Å². The molecule has 0 radical (unpaired) electrons. The molecule has 1 aliphatic heterocycles. The Morgan fingerprint density at radius 3 is 2.53 bits per heavy atom. The van der Waals surface area contributed by atoms with Gasteiger partial charge in [-0.3, -0.25) is 14.2 Å². The van der Waals surface area contributed by atoms with Gasteiger partial charge in [0.1, 0.15) is 6.54 Å². The first-order valence-corrected chi connectivity index (χ1v) is 10.1. The first-order chi connectivity index (χ1) is 15.7. The maximum absolute atomic E-state index is 12.7. The van der Waals surface area contributed by atoms with Crippen LogP contribution in [-0.4, -0.2) is 22.3 Å². The smallest absolute Gasteiger partial charge is 0.254 e. The molecule has 0 saturated carbocycles. The Labute approximate surface area is 183 Å². The van der Waals surface area contributed by atoms with Crippen molar-refractivity contribution >= 4 is 11.6 Å². The number of carbonyl (C=O) groups is 1. The van der Waals surface area contributed by atoms with Crippen LogP contribution < -0.4 is 20.3 Å². The predicted molar refractivity (Wildman–Crippen MR) is 121 cm³/mol. The van der Waals surface area contributed by atoms with Gasteiger partial charge in [0.05, 0.1) is 12.0 Å². The minimum Gasteiger partial charge on any atom is -0.454 e. The zero-order chi connectivity index (χ0) is 21.9. The van der Waals surface area contributed by atoms with Crippen LogP contribution in [0.3, 0.4) is 0 Å². The number of benzene rings is 3. The molecular formula is C25H19N3O4. The van der Waals surface area contributed by atoms with Crippen LogP contribution in [0, 0.1) is 0 Å². The molecule has 0 saturated heterocycles. The van der Waals surface area contributed by atoms with Crippen LogP contribution in [-0.2, 0) is 11.3 Å². The van der Waals surface area contributed by atoms with Gasteiger partial charge < -0.3 is 14.8 Å². The van der Waals surface area contributed by atoms with Gasteiger partial charge in [0.15, 0.2) is 11.5 Å². The fraction of sp³-hybridized carbons (Fsp3) is 0.0800. The molecule has 1 aliphatic rings. The van der Waals surface area contributed by atoms with Crippen molar-refractivity contribution in [2.75, 3.05) is 12.1 Å². The first-order valence-electron chi connectivity index (χ1n) is 10.1. The van der Waals surface area contributed by atoms with Crippen LogP contribution in [0.25, 0.3) is 22.4 Å². The summed E-state index contributed by atoms with van der Waals surface area (Å²) in [5.74, 6) is 0.965. The number of carbonyl (C=O) groups excluding carboxylic acids is 1. The summed E-state index contributed by atoms with van der Waals surface area (Å²) in [6.07, 6.45) is 1.38. The number of rotatable bonds is 5. The molecule has 158 valence electrons. The standard InChI is InChI=1S/C25H19N3O4/c29-24(27-20-9-5-4-8-19(20)17-6-2-1-3-7-17)14-28-15-26-21(13-25(28)30)18-10-11-22-23(12-18)32-16-31-22/h1-13,15H,14,16H2,(H,27,29). The Bertz CT molecular complexity index is 1350. The lowest BCUT2D eigenvalue weighted by Gasteiger charge is -2.12. The molecule has 7 heteroatoms. The van der Waals surface area contributed by atoms with E-state index in [2.05, 4.69) is 10.3 Å². The van der Waals surface area contributed by atoms with Gasteiger partial charge in [-0.2, -0.15) is 0 Å². The van der Waals surface area contributed by atoms with Crippen molar-refractivity contribution in [1.82, 2.24) is 9.55 Å². The summed E-state index contributed by atoms with van der Waals surface area (Å²) in [5, 5.41) is 2.90. The molecule has 1 aromatic heterocycles. The van der Waals surface area contributed by atoms with Crippen molar-refractivity contribution in [1.29, 1.82) is 0 Å². The minimum atomic E-state index is -0.320. The maximum atomic E-state index is 12.7. The Morgan fingerprint density at radius 1 is 0.906 bits per heavy atom. The predicted octanol–water partition coefficient (Wildman–Crippen LogP) is 3.94. The summed E-state index contributed by atoms with van der Waals surface area (Å²) in [6, 6.07) is 24.1. The van der Waals surface area contributed by atoms with Crippen LogP contribution in [0.5, 0.6) is 11.5 Å². The van der Waals surface area contributed by atoms with E-state index in [-0.39, 0.29) is 24.8 Å². The van der Waals surface area contributed by atoms with Crippen LogP contribution in [0.15, 0.2) is 90.0 Å². The largest absolute Gasteiger partial charge is 0.454 e. The lowest BCUT2D eigenvalue weighted by Crippen LogP contribution is -2.27. The average molecular weight is 425 g/mol. The fourth-order valence-corrected chi connectivity index (χ4v) is 3.56. The van der Waals surface area contributed by atoms with E-state index in [0.29, 0.717) is 22.9 Å². The summed E-state index contributed by atoms with van der Waals surface area (Å²) < 4.78 is 12.0. The second kappa shape index (κ2) is 8.39. The van der Waals surface area contributed by atoms with Gasteiger partial charge in [0.25, 0.3) is 5.56 Å². The molecule has 7 nitrogen and oxygen atoms in total. The lowest BCUT2D eigenvalue weighted by atomic mass is 10.0. The molecule has 32 heavy (non-hydrogen) atoms. The van der Waals surface area contributed by atoms with Crippen LogP contribution in [0.4, 0.5) is 5.69 Å². The number of ether oxygens (including phenoxy) is 2. The summed E-state index contributed by atoms with van der Waals surface area (Å²) in [4.78, 5) is 29.6. The van der Waals surface area contributed by atoms with Crippen molar-refractivity contribution in [3.05, 3.63) is 95.5 Å². The van der Waals surface area contributed by atoms with Gasteiger partial charge in [0, 0.05) is 22.9 Å². The van der Waals surface area contributed by atoms with Crippen LogP contribution in [0.2, 0.25) is 0 Å². The van der Waals surface area contributed by atoms with Crippen molar-refractivity contribution in [3.63, 3.8) is 0 Å². The molecule has 3 aromatic carbocycles. The number of amides is 1. The normalized spacial score (nSPS) is 11.9. The summed E-state index contributed by atoms with van der Waals surface area (Å²) >= 11 is 0. The molecule has 4 aromatic rings. The summed E-state index contributed by atoms with van der Waals surface area (Å²) in [5.41, 5.74) is 3.50. The number of anilines is 1. The minimum absolute atomic E-state index is 0.142. The highest BCUT2D eigenvalue weighted by Crippen LogP contribution is 2.35. The highest BCUT2D eigenvalue weighted by Gasteiger charge is 2.15. The van der Waals surface area contributed by atoms with Gasteiger partial charge in [-0.05, 0) is 29.8 Å². The van der Waals surface area contributed by atoms with Gasteiger partial charge in [0.2, 0.25) is 12.7 Å². The van der Waals surface area contributed by atoms with Crippen molar-refractivity contribution in [3.8, 4) is 33.9 Å². The SMILES string of the molecule is O=C(Cn1cnc(-c2ccc3c(c2)OCO3)cc1=O)Nc1ccccc1-c1ccccc1. The highest BCUT2D eigenvalue weighted by atomic mass is 16.7. The molecule has 0 bridgehead atoms. The van der Waals surface area contributed by atoms with Crippen LogP contribution >= 0.6 is 0 Å². The number of para-hydroxylation sites is 1. The molecule has 0 spiro atoms. The number of aromatic nitrogens is 2. The van der Waals surface area contributed by atoms with E-state index < -0.39 is 0 Å². The quantitative estimate of drug-likeness (QED) is 0.524. The zero-order valence-electron chi connectivity index (χ0n) is 17.0. The third-order valence-electron chi connectivity index (χ3n) is 5.15. The number of nitrogens with one attached hydrogen (secondary N) is 1. The van der Waals surface area contributed by atoms with Gasteiger partial charge in [-0.25, -0.2) is 4.98 Å². The number of fused-ring (bicyclic) bond motifs is 1. The molecule has 0 aliphatic carbocycles. The van der Waals surface area contributed by atoms with Crippen molar-refractivity contribution in [2.24, 2.45) is 0 Å². The van der Waals surface area contributed by atoms with E-state index >= 15 is 0 Å². The number of nitrogens with zero attached hydrogens (tertiary/aromatic N) is 2. The van der Waals surface area contributed by atoms with Crippen LogP contribution in [0.1, 0.15) is 0 Å². The molecule has 0 fully saturated rings. The maximum Gasteiger partial charge on any atom is 0.254 e. The molecule has 0 atom stereocenters. The summed E-state index contributed by atoms with van der Waals surface area (Å²) in [6.45, 7) is 0.0344. The monoisotopic (exact) mass is 425 g/mol. The topological polar surface area (TPSA) is 82.5 Å². The van der Waals surface area contributed by atoms with E-state index in [9.17, 15) is 9.59 Å². The molecule has 5 rings (SSSR count). The zero-order valence-corrected chi connectivity index (χ0v) is 17.0. The molecular weight excluding hydrogens is 406 g/mol. The Hall–Kier alpha value is -4.39. The molecule has 2 heterocycles. The first kappa shape index (κ1) is 19.6. The molecule has 0 unspecified atom stereocenters. The Kier molecular flexibility index (Phi) is 5.13.